The van der Waals surface area contributed by atoms with Crippen LogP contribution in [0.2, 0.25) is 0 Å². The summed E-state index contributed by atoms with van der Waals surface area (Å²) >= 11 is 1.38. The van der Waals surface area contributed by atoms with Gasteiger partial charge in [0.15, 0.2) is 6.61 Å². The fourth-order valence-corrected chi connectivity index (χ4v) is 4.64. The van der Waals surface area contributed by atoms with Crippen LogP contribution >= 0.6 is 11.3 Å². The Morgan fingerprint density at radius 3 is 2.55 bits per heavy atom. The van der Waals surface area contributed by atoms with Crippen LogP contribution in [0.3, 0.4) is 0 Å². The number of thiophene rings is 1. The van der Waals surface area contributed by atoms with Crippen molar-refractivity contribution in [3.05, 3.63) is 45.8 Å². The predicted octanol–water partition coefficient (Wildman–Crippen LogP) is 2.85. The number of benzene rings is 1. The Balaban J connectivity index is 1.50. The number of methoxy groups -OCH3 is 1. The highest BCUT2D eigenvalue weighted by molar-refractivity contribution is 7.17. The van der Waals surface area contributed by atoms with E-state index in [1.54, 1.807) is 7.11 Å². The number of nitrogens with two attached hydrogens (primary N) is 1. The fourth-order valence-electron chi connectivity index (χ4n) is 3.33. The highest BCUT2D eigenvalue weighted by Gasteiger charge is 2.25. The maximum Gasteiger partial charge on any atom is 0.306 e. The Morgan fingerprint density at radius 2 is 1.86 bits per heavy atom. The summed E-state index contributed by atoms with van der Waals surface area (Å²) in [5, 5.41) is 3.13. The normalized spacial score (nSPS) is 12.7. The van der Waals surface area contributed by atoms with Gasteiger partial charge in [-0.25, -0.2) is 0 Å². The molecule has 0 unspecified atom stereocenters. The first-order chi connectivity index (χ1) is 14.0. The van der Waals surface area contributed by atoms with Crippen molar-refractivity contribution in [1.82, 2.24) is 0 Å². The molecule has 1 aliphatic rings. The lowest BCUT2D eigenvalue weighted by Crippen LogP contribution is -2.23. The molecule has 3 N–H and O–H groups in total. The van der Waals surface area contributed by atoms with Gasteiger partial charge in [-0.1, -0.05) is 12.1 Å². The van der Waals surface area contributed by atoms with E-state index in [1.807, 2.05) is 24.3 Å². The first kappa shape index (κ1) is 20.9. The Kier molecular flexibility index (Phi) is 6.87. The Bertz CT molecular complexity index is 905. The molecule has 0 saturated heterocycles. The van der Waals surface area contributed by atoms with Crippen molar-refractivity contribution in [2.75, 3.05) is 19.0 Å². The molecular weight excluding hydrogens is 392 g/mol. The summed E-state index contributed by atoms with van der Waals surface area (Å²) < 4.78 is 10.2. The average molecular weight is 416 g/mol. The highest BCUT2D eigenvalue weighted by atomic mass is 32.1. The summed E-state index contributed by atoms with van der Waals surface area (Å²) in [5.74, 6) is -0.741. The molecular formula is C21H24N2O5S. The van der Waals surface area contributed by atoms with Crippen LogP contribution in [0.25, 0.3) is 0 Å². The number of aryl methyl sites for hydroxylation is 2. The molecule has 2 amide bonds. The summed E-state index contributed by atoms with van der Waals surface area (Å²) in [5.41, 5.74) is 7.83. The number of carbonyl (C=O) groups is 3. The molecule has 2 aromatic rings. The molecule has 0 bridgehead atoms. The number of rotatable bonds is 8. The van der Waals surface area contributed by atoms with Crippen LogP contribution in [0.5, 0.6) is 5.75 Å². The van der Waals surface area contributed by atoms with Crippen LogP contribution in [-0.4, -0.2) is 31.5 Å². The average Bonchev–Trinajstić information content (AvgIpc) is 3.09. The van der Waals surface area contributed by atoms with E-state index in [9.17, 15) is 14.4 Å². The number of hydrogen-bond acceptors (Lipinski definition) is 6. The van der Waals surface area contributed by atoms with Crippen LogP contribution in [0.15, 0.2) is 24.3 Å². The van der Waals surface area contributed by atoms with Gasteiger partial charge in [-0.3, -0.25) is 14.4 Å². The summed E-state index contributed by atoms with van der Waals surface area (Å²) in [4.78, 5) is 37.1. The van der Waals surface area contributed by atoms with Gasteiger partial charge in [-0.15, -0.1) is 11.3 Å². The molecule has 154 valence electrons. The predicted molar refractivity (Wildman–Crippen MR) is 110 cm³/mol. The Morgan fingerprint density at radius 1 is 1.14 bits per heavy atom. The number of amides is 2. The number of carbonyl (C=O) groups excluding carboxylic acids is 3. The number of anilines is 1. The fraction of sp³-hybridized carbons (Fsp3) is 0.381. The third-order valence-electron chi connectivity index (χ3n) is 4.81. The van der Waals surface area contributed by atoms with E-state index in [0.717, 1.165) is 47.4 Å². The molecule has 0 fully saturated rings. The summed E-state index contributed by atoms with van der Waals surface area (Å²) in [6.45, 7) is -0.401. The highest BCUT2D eigenvalue weighted by Crippen LogP contribution is 2.37. The number of primary amides is 1. The van der Waals surface area contributed by atoms with Crippen LogP contribution in [0, 0.1) is 0 Å². The van der Waals surface area contributed by atoms with E-state index in [1.165, 1.54) is 11.3 Å². The number of ether oxygens (including phenoxy) is 2. The lowest BCUT2D eigenvalue weighted by Gasteiger charge is -2.11. The van der Waals surface area contributed by atoms with Gasteiger partial charge in [0.25, 0.3) is 11.8 Å². The van der Waals surface area contributed by atoms with E-state index >= 15 is 0 Å². The van der Waals surface area contributed by atoms with Gasteiger partial charge < -0.3 is 20.5 Å². The van der Waals surface area contributed by atoms with Gasteiger partial charge in [0.1, 0.15) is 10.8 Å². The summed E-state index contributed by atoms with van der Waals surface area (Å²) in [6, 6.07) is 7.40. The molecule has 8 heteroatoms. The van der Waals surface area contributed by atoms with Crippen molar-refractivity contribution >= 4 is 34.1 Å². The largest absolute Gasteiger partial charge is 0.497 e. The molecule has 3 rings (SSSR count). The van der Waals surface area contributed by atoms with E-state index in [-0.39, 0.29) is 6.42 Å². The number of nitrogens with one attached hydrogen (secondary N) is 1. The molecule has 0 aliphatic heterocycles. The van der Waals surface area contributed by atoms with Crippen molar-refractivity contribution in [2.45, 2.75) is 38.5 Å². The number of fused-ring (bicyclic) bond motifs is 1. The standard InChI is InChI=1S/C21H24N2O5S/c1-27-14-9-6-13(7-10-14)8-11-18(25)28-12-17(24)23-21-19(20(22)26)15-4-2-3-5-16(15)29-21/h6-7,9-10H,2-5,8,11-12H2,1H3,(H2,22,26)(H,23,24). The minimum absolute atomic E-state index is 0.166. The lowest BCUT2D eigenvalue weighted by molar-refractivity contribution is -0.147. The van der Waals surface area contributed by atoms with Crippen molar-refractivity contribution in [2.24, 2.45) is 5.73 Å². The quantitative estimate of drug-likeness (QED) is 0.644. The molecule has 1 heterocycles. The minimum Gasteiger partial charge on any atom is -0.497 e. The first-order valence-corrected chi connectivity index (χ1v) is 10.3. The van der Waals surface area contributed by atoms with Crippen molar-refractivity contribution < 1.29 is 23.9 Å². The number of esters is 1. The zero-order chi connectivity index (χ0) is 20.8. The Hall–Kier alpha value is -2.87. The monoisotopic (exact) mass is 416 g/mol. The summed E-state index contributed by atoms with van der Waals surface area (Å²) in [6.07, 6.45) is 4.41. The molecule has 29 heavy (non-hydrogen) atoms. The molecule has 7 nitrogen and oxygen atoms in total. The van der Waals surface area contributed by atoms with Crippen LogP contribution < -0.4 is 15.8 Å². The van der Waals surface area contributed by atoms with Crippen molar-refractivity contribution in [3.8, 4) is 5.75 Å². The van der Waals surface area contributed by atoms with E-state index in [2.05, 4.69) is 5.32 Å². The first-order valence-electron chi connectivity index (χ1n) is 9.50. The molecule has 1 aromatic carbocycles. The second kappa shape index (κ2) is 9.56. The third kappa shape index (κ3) is 5.35. The molecule has 0 saturated carbocycles. The lowest BCUT2D eigenvalue weighted by atomic mass is 9.95. The maximum atomic E-state index is 12.2. The second-order valence-corrected chi connectivity index (χ2v) is 7.94. The molecule has 1 aromatic heterocycles. The van der Waals surface area contributed by atoms with E-state index in [4.69, 9.17) is 15.2 Å². The smallest absolute Gasteiger partial charge is 0.306 e. The van der Waals surface area contributed by atoms with Crippen molar-refractivity contribution in [1.29, 1.82) is 0 Å². The molecule has 0 atom stereocenters. The van der Waals surface area contributed by atoms with Crippen molar-refractivity contribution in [3.63, 3.8) is 0 Å². The van der Waals surface area contributed by atoms with Gasteiger partial charge in [0, 0.05) is 11.3 Å². The maximum absolute atomic E-state index is 12.2. The SMILES string of the molecule is COc1ccc(CCC(=O)OCC(=O)Nc2sc3c(c2C(N)=O)CCCC3)cc1. The van der Waals surface area contributed by atoms with Crippen LogP contribution in [0.1, 0.15) is 45.6 Å². The second-order valence-electron chi connectivity index (χ2n) is 6.84. The van der Waals surface area contributed by atoms with E-state index < -0.39 is 24.4 Å². The van der Waals surface area contributed by atoms with Crippen LogP contribution in [-0.2, 0) is 33.6 Å². The summed E-state index contributed by atoms with van der Waals surface area (Å²) in [7, 11) is 1.59. The van der Waals surface area contributed by atoms with Gasteiger partial charge in [-0.05, 0) is 55.4 Å². The van der Waals surface area contributed by atoms with Gasteiger partial charge in [-0.2, -0.15) is 0 Å². The molecule has 1 aliphatic carbocycles. The minimum atomic E-state index is -0.545. The zero-order valence-electron chi connectivity index (χ0n) is 16.3. The topological polar surface area (TPSA) is 108 Å². The van der Waals surface area contributed by atoms with Gasteiger partial charge in [0.05, 0.1) is 12.7 Å². The Labute approximate surface area is 173 Å². The van der Waals surface area contributed by atoms with E-state index in [0.29, 0.717) is 17.0 Å². The van der Waals surface area contributed by atoms with Crippen LogP contribution in [0.4, 0.5) is 5.00 Å². The van der Waals surface area contributed by atoms with Gasteiger partial charge >= 0.3 is 5.97 Å². The third-order valence-corrected chi connectivity index (χ3v) is 6.02. The number of hydrogen-bond donors (Lipinski definition) is 2. The molecule has 0 spiro atoms. The zero-order valence-corrected chi connectivity index (χ0v) is 17.1. The molecule has 0 radical (unpaired) electrons. The van der Waals surface area contributed by atoms with Gasteiger partial charge in [0.2, 0.25) is 0 Å².